The molecule has 2 aliphatic carbocycles. The molecule has 2 fully saturated rings. The van der Waals surface area contributed by atoms with Gasteiger partial charge in [0, 0.05) is 11.1 Å². The highest BCUT2D eigenvalue weighted by Crippen LogP contribution is 2.69. The van der Waals surface area contributed by atoms with E-state index in [1.54, 1.807) is 0 Å². The average Bonchev–Trinajstić information content (AvgIpc) is 2.80. The zero-order valence-electron chi connectivity index (χ0n) is 14.2. The van der Waals surface area contributed by atoms with Crippen LogP contribution in [-0.4, -0.2) is 17.5 Å². The maximum absolute atomic E-state index is 13.0. The van der Waals surface area contributed by atoms with Gasteiger partial charge >= 0.3 is 0 Å². The summed E-state index contributed by atoms with van der Waals surface area (Å²) < 4.78 is 0. The van der Waals surface area contributed by atoms with Crippen molar-refractivity contribution in [3.05, 3.63) is 29.8 Å². The zero-order chi connectivity index (χ0) is 17.0. The smallest absolute Gasteiger partial charge is 0.239 e. The number of rotatable bonds is 3. The highest BCUT2D eigenvalue weighted by atomic mass is 16.2. The Balaban J connectivity index is 1.95. The fraction of sp³-hybridized carbons (Fsp3) is 0.526. The van der Waals surface area contributed by atoms with Crippen LogP contribution >= 0.6 is 0 Å². The lowest BCUT2D eigenvalue weighted by Crippen LogP contribution is -2.47. The summed E-state index contributed by atoms with van der Waals surface area (Å²) in [6.07, 6.45) is 1.96. The minimum absolute atomic E-state index is 0.341. The summed E-state index contributed by atoms with van der Waals surface area (Å²) in [5, 5.41) is 2.87. The minimum Gasteiger partial charge on any atom is -0.325 e. The molecular weight excluding hydrogens is 290 g/mol. The van der Waals surface area contributed by atoms with E-state index in [-0.39, 0.29) is 11.7 Å². The van der Waals surface area contributed by atoms with Crippen molar-refractivity contribution in [2.75, 3.05) is 5.32 Å². The van der Waals surface area contributed by atoms with Crippen molar-refractivity contribution in [1.29, 1.82) is 0 Å². The van der Waals surface area contributed by atoms with E-state index in [1.807, 2.05) is 45.0 Å². The Hall–Kier alpha value is -1.97. The number of hydrogen-bond donors (Lipinski definition) is 1. The van der Waals surface area contributed by atoms with Gasteiger partial charge in [-0.15, -0.1) is 0 Å². The Bertz CT molecular complexity index is 704. The molecule has 2 saturated carbocycles. The number of Topliss-reactive ketones (excluding diaryl/α,β-unsaturated/α-hetero) is 2. The van der Waals surface area contributed by atoms with Crippen LogP contribution in [-0.2, 0) is 20.8 Å². The van der Waals surface area contributed by atoms with E-state index in [9.17, 15) is 14.4 Å². The first-order chi connectivity index (χ1) is 10.7. The molecule has 0 spiro atoms. The lowest BCUT2D eigenvalue weighted by atomic mass is 9.64. The van der Waals surface area contributed by atoms with E-state index in [2.05, 4.69) is 12.2 Å². The van der Waals surface area contributed by atoms with Gasteiger partial charge in [-0.05, 0) is 42.4 Å². The molecule has 1 aromatic rings. The number of anilines is 1. The van der Waals surface area contributed by atoms with Crippen molar-refractivity contribution < 1.29 is 14.4 Å². The van der Waals surface area contributed by atoms with E-state index < -0.39 is 22.0 Å². The van der Waals surface area contributed by atoms with Gasteiger partial charge in [-0.3, -0.25) is 14.4 Å². The number of fused-ring (bicyclic) bond motifs is 2. The van der Waals surface area contributed by atoms with Crippen LogP contribution in [0.5, 0.6) is 0 Å². The molecule has 4 nitrogen and oxygen atoms in total. The molecule has 4 heteroatoms. The highest BCUT2D eigenvalue weighted by molar-refractivity contribution is 6.49. The third kappa shape index (κ3) is 1.75. The molecule has 1 N–H and O–H groups in total. The lowest BCUT2D eigenvalue weighted by Gasteiger charge is -2.37. The molecule has 0 unspecified atom stereocenters. The number of nitrogens with one attached hydrogen (secondary N) is 1. The van der Waals surface area contributed by atoms with Gasteiger partial charge in [0.05, 0.1) is 0 Å². The number of amides is 1. The van der Waals surface area contributed by atoms with Crippen molar-refractivity contribution in [2.45, 2.75) is 47.0 Å². The first kappa shape index (κ1) is 15.9. The second-order valence-corrected chi connectivity index (χ2v) is 7.53. The SMILES string of the molecule is CCc1ccc(NC(=O)[C@]23CC[C@@](C)(C(=O)C2=O)C3(C)C)cc1. The average molecular weight is 313 g/mol. The topological polar surface area (TPSA) is 63.2 Å². The molecule has 122 valence electrons. The van der Waals surface area contributed by atoms with Crippen molar-refractivity contribution in [2.24, 2.45) is 16.2 Å². The van der Waals surface area contributed by atoms with Crippen molar-refractivity contribution in [1.82, 2.24) is 0 Å². The van der Waals surface area contributed by atoms with Gasteiger partial charge in [-0.2, -0.15) is 0 Å². The predicted molar refractivity (Wildman–Crippen MR) is 88.0 cm³/mol. The second-order valence-electron chi connectivity index (χ2n) is 7.53. The lowest BCUT2D eigenvalue weighted by molar-refractivity contribution is -0.147. The van der Waals surface area contributed by atoms with Crippen LogP contribution in [0.2, 0.25) is 0 Å². The summed E-state index contributed by atoms with van der Waals surface area (Å²) in [5.41, 5.74) is -0.780. The van der Waals surface area contributed by atoms with Gasteiger partial charge in [0.25, 0.3) is 0 Å². The summed E-state index contributed by atoms with van der Waals surface area (Å²) in [6, 6.07) is 7.60. The molecule has 0 heterocycles. The predicted octanol–water partition coefficient (Wildman–Crippen LogP) is 3.15. The maximum Gasteiger partial charge on any atom is 0.239 e. The molecule has 0 aromatic heterocycles. The highest BCUT2D eigenvalue weighted by Gasteiger charge is 2.77. The second kappa shape index (κ2) is 4.76. The maximum atomic E-state index is 13.0. The van der Waals surface area contributed by atoms with Crippen LogP contribution in [0.4, 0.5) is 5.69 Å². The van der Waals surface area contributed by atoms with Crippen LogP contribution < -0.4 is 5.32 Å². The number of ketones is 2. The minimum atomic E-state index is -1.23. The summed E-state index contributed by atoms with van der Waals surface area (Å²) in [6.45, 7) is 7.65. The number of aryl methyl sites for hydroxylation is 1. The molecule has 2 aliphatic rings. The molecule has 2 atom stereocenters. The standard InChI is InChI=1S/C19H23NO3/c1-5-12-6-8-13(9-7-12)20-16(23)19-11-10-18(4,17(19,2)3)14(21)15(19)22/h6-9H,5,10-11H2,1-4H3,(H,20,23)/t18-,19-/m0/s1. The molecule has 0 saturated heterocycles. The summed E-state index contributed by atoms with van der Waals surface area (Å²) >= 11 is 0. The van der Waals surface area contributed by atoms with Crippen LogP contribution in [0.15, 0.2) is 24.3 Å². The fourth-order valence-electron chi connectivity index (χ4n) is 4.33. The molecule has 0 aliphatic heterocycles. The van der Waals surface area contributed by atoms with E-state index in [1.165, 1.54) is 5.56 Å². The van der Waals surface area contributed by atoms with Crippen LogP contribution in [0, 0.1) is 16.2 Å². The molecule has 1 amide bonds. The van der Waals surface area contributed by atoms with Crippen molar-refractivity contribution in [3.63, 3.8) is 0 Å². The largest absolute Gasteiger partial charge is 0.325 e. The summed E-state index contributed by atoms with van der Waals surface area (Å²) in [7, 11) is 0. The quantitative estimate of drug-likeness (QED) is 0.688. The number of carbonyl (C=O) groups excluding carboxylic acids is 3. The van der Waals surface area contributed by atoms with Crippen LogP contribution in [0.3, 0.4) is 0 Å². The third-order valence-electron chi connectivity index (χ3n) is 6.55. The fourth-order valence-corrected chi connectivity index (χ4v) is 4.33. The number of carbonyl (C=O) groups is 3. The molecule has 23 heavy (non-hydrogen) atoms. The zero-order valence-corrected chi connectivity index (χ0v) is 14.2. The van der Waals surface area contributed by atoms with E-state index in [0.717, 1.165) is 6.42 Å². The van der Waals surface area contributed by atoms with Gasteiger partial charge < -0.3 is 5.32 Å². The summed E-state index contributed by atoms with van der Waals surface area (Å²) in [5.74, 6) is -1.24. The Morgan fingerprint density at radius 3 is 2.13 bits per heavy atom. The van der Waals surface area contributed by atoms with E-state index >= 15 is 0 Å². The van der Waals surface area contributed by atoms with Gasteiger partial charge in [0.1, 0.15) is 5.41 Å². The van der Waals surface area contributed by atoms with Gasteiger partial charge in [-0.25, -0.2) is 0 Å². The molecule has 0 radical (unpaired) electrons. The van der Waals surface area contributed by atoms with E-state index in [0.29, 0.717) is 18.5 Å². The Morgan fingerprint density at radius 2 is 1.65 bits per heavy atom. The molecular formula is C19H23NO3. The van der Waals surface area contributed by atoms with Gasteiger partial charge in [-0.1, -0.05) is 39.8 Å². The molecule has 2 bridgehead atoms. The first-order valence-electron chi connectivity index (χ1n) is 8.20. The first-order valence-corrected chi connectivity index (χ1v) is 8.20. The van der Waals surface area contributed by atoms with Crippen LogP contribution in [0.1, 0.15) is 46.1 Å². The summed E-state index contributed by atoms with van der Waals surface area (Å²) in [4.78, 5) is 38.0. The number of hydrogen-bond acceptors (Lipinski definition) is 3. The number of benzene rings is 1. The molecule has 1 aromatic carbocycles. The molecule has 3 rings (SSSR count). The Kier molecular flexibility index (Phi) is 3.29. The van der Waals surface area contributed by atoms with Crippen molar-refractivity contribution in [3.8, 4) is 0 Å². The third-order valence-corrected chi connectivity index (χ3v) is 6.55. The Morgan fingerprint density at radius 1 is 1.04 bits per heavy atom. The van der Waals surface area contributed by atoms with Gasteiger partial charge in [0.2, 0.25) is 17.5 Å². The van der Waals surface area contributed by atoms with E-state index in [4.69, 9.17) is 0 Å². The normalized spacial score (nSPS) is 31.5. The Labute approximate surface area is 136 Å². The van der Waals surface area contributed by atoms with Crippen LogP contribution in [0.25, 0.3) is 0 Å². The van der Waals surface area contributed by atoms with Gasteiger partial charge in [0.15, 0.2) is 0 Å². The monoisotopic (exact) mass is 313 g/mol. The van der Waals surface area contributed by atoms with Crippen molar-refractivity contribution >= 4 is 23.2 Å².